The van der Waals surface area contributed by atoms with Crippen LogP contribution < -0.4 is 26.8 Å². The van der Waals surface area contributed by atoms with Crippen molar-refractivity contribution in [2.24, 2.45) is 11.5 Å². The number of nitrogen functional groups attached to an aromatic ring is 1. The molecule has 0 heterocycles. The number of hydrogen-bond acceptors (Lipinski definition) is 7. The van der Waals surface area contributed by atoms with E-state index in [-0.39, 0.29) is 42.9 Å². The lowest BCUT2D eigenvalue weighted by Crippen LogP contribution is -2.54. The molecule has 0 unspecified atom stereocenters. The Morgan fingerprint density at radius 1 is 0.740 bits per heavy atom. The topological polar surface area (TPSA) is 218 Å². The van der Waals surface area contributed by atoms with Crippen LogP contribution in [-0.2, 0) is 51.3 Å². The minimum Gasteiger partial charge on any atom is -0.478 e. The van der Waals surface area contributed by atoms with Crippen molar-refractivity contribution in [3.63, 3.8) is 0 Å². The fourth-order valence-electron chi connectivity index (χ4n) is 5.39. The number of amides is 2. The molecule has 4 aromatic rings. The van der Waals surface area contributed by atoms with Crippen molar-refractivity contribution in [2.75, 3.05) is 0 Å². The number of amidine groups is 1. The molecule has 0 spiro atoms. The van der Waals surface area contributed by atoms with Crippen molar-refractivity contribution in [1.82, 2.24) is 15.4 Å². The Bertz CT molecular complexity index is 1900. The van der Waals surface area contributed by atoms with Gasteiger partial charge in [-0.1, -0.05) is 91.0 Å². The number of benzene rings is 4. The lowest BCUT2D eigenvalue weighted by atomic mass is 10.0. The van der Waals surface area contributed by atoms with Gasteiger partial charge < -0.3 is 27.2 Å². The second-order valence-electron chi connectivity index (χ2n) is 11.9. The van der Waals surface area contributed by atoms with Crippen LogP contribution in [-0.4, -0.2) is 49.2 Å². The van der Waals surface area contributed by atoms with Crippen LogP contribution in [0.25, 0.3) is 0 Å². The zero-order valence-electron chi connectivity index (χ0n) is 27.5. The van der Waals surface area contributed by atoms with Gasteiger partial charge in [-0.05, 0) is 59.2 Å². The summed E-state index contributed by atoms with van der Waals surface area (Å²) < 4.78 is 29.3. The highest BCUT2D eigenvalue weighted by Crippen LogP contribution is 2.14. The van der Waals surface area contributed by atoms with E-state index in [1.807, 2.05) is 54.6 Å². The second kappa shape index (κ2) is 17.9. The van der Waals surface area contributed by atoms with Gasteiger partial charge in [0.25, 0.3) is 0 Å². The van der Waals surface area contributed by atoms with Gasteiger partial charge in [-0.25, -0.2) is 17.9 Å². The Morgan fingerprint density at radius 2 is 1.40 bits per heavy atom. The Balaban J connectivity index is 1.55. The molecule has 2 atom stereocenters. The van der Waals surface area contributed by atoms with Crippen LogP contribution in [0.5, 0.6) is 0 Å². The molecule has 0 fully saturated rings. The number of carbonyl (C=O) groups is 3. The van der Waals surface area contributed by atoms with Gasteiger partial charge >= 0.3 is 5.97 Å². The fraction of sp³-hybridized carbons (Fsp3) is 0.243. The average Bonchev–Trinajstić information content (AvgIpc) is 3.10. The maximum absolute atomic E-state index is 13.9. The standard InChI is InChI=1S/C37H42N6O6S/c38-22-28-11-4-10-27(19-28)21-33(35(44)41-23-26-15-17-30(18-16-26)34(39)40)42-36(45)32(14-6-9-25-7-2-1-3-8-25)43-50(48,49)24-29-12-5-13-31(20-29)37(46)47/h1-5,7-8,10-13,15-20,32-33,43H,6,9,14,21-24,38H2,(H3,39,40)(H,41,44)(H,42,45)(H,46,47)/t32-,33+/m1/s1. The number of sulfonamides is 1. The summed E-state index contributed by atoms with van der Waals surface area (Å²) in [7, 11) is -4.14. The van der Waals surface area contributed by atoms with Gasteiger partial charge in [0, 0.05) is 25.1 Å². The summed E-state index contributed by atoms with van der Waals surface area (Å²) >= 11 is 0. The first-order chi connectivity index (χ1) is 23.9. The molecule has 50 heavy (non-hydrogen) atoms. The first-order valence-corrected chi connectivity index (χ1v) is 17.7. The molecule has 0 saturated heterocycles. The van der Waals surface area contributed by atoms with E-state index in [0.717, 1.165) is 22.3 Å². The Labute approximate surface area is 291 Å². The summed E-state index contributed by atoms with van der Waals surface area (Å²) in [5.41, 5.74) is 15.5. The summed E-state index contributed by atoms with van der Waals surface area (Å²) in [6.07, 6.45) is 1.30. The molecule has 9 N–H and O–H groups in total. The van der Waals surface area contributed by atoms with Crippen LogP contribution in [0.15, 0.2) is 103 Å². The largest absolute Gasteiger partial charge is 0.478 e. The molecule has 0 aliphatic rings. The molecule has 0 aliphatic carbocycles. The van der Waals surface area contributed by atoms with E-state index in [2.05, 4.69) is 15.4 Å². The summed E-state index contributed by atoms with van der Waals surface area (Å²) in [6, 6.07) is 27.0. The molecule has 13 heteroatoms. The number of carboxylic acids is 1. The van der Waals surface area contributed by atoms with E-state index >= 15 is 0 Å². The molecule has 0 aromatic heterocycles. The third kappa shape index (κ3) is 11.7. The summed E-state index contributed by atoms with van der Waals surface area (Å²) in [6.45, 7) is 0.419. The first kappa shape index (κ1) is 37.4. The van der Waals surface area contributed by atoms with Crippen molar-refractivity contribution < 1.29 is 27.9 Å². The number of aromatic carboxylic acids is 1. The molecule has 0 radical (unpaired) electrons. The molecular formula is C37H42N6O6S. The van der Waals surface area contributed by atoms with Gasteiger partial charge in [-0.2, -0.15) is 0 Å². The van der Waals surface area contributed by atoms with Crippen molar-refractivity contribution in [2.45, 2.75) is 56.6 Å². The van der Waals surface area contributed by atoms with E-state index in [9.17, 15) is 27.9 Å². The monoisotopic (exact) mass is 698 g/mol. The molecule has 262 valence electrons. The van der Waals surface area contributed by atoms with E-state index in [4.69, 9.17) is 16.9 Å². The minimum atomic E-state index is -4.14. The van der Waals surface area contributed by atoms with Gasteiger partial charge in [-0.15, -0.1) is 0 Å². The van der Waals surface area contributed by atoms with Crippen molar-refractivity contribution >= 4 is 33.6 Å². The van der Waals surface area contributed by atoms with Gasteiger partial charge in [0.2, 0.25) is 21.8 Å². The van der Waals surface area contributed by atoms with Crippen LogP contribution in [0.4, 0.5) is 0 Å². The molecule has 12 nitrogen and oxygen atoms in total. The van der Waals surface area contributed by atoms with E-state index in [0.29, 0.717) is 18.4 Å². The van der Waals surface area contributed by atoms with Gasteiger partial charge in [0.05, 0.1) is 11.3 Å². The van der Waals surface area contributed by atoms with E-state index in [1.54, 1.807) is 24.3 Å². The molecule has 0 bridgehead atoms. The number of nitrogens with two attached hydrogens (primary N) is 2. The van der Waals surface area contributed by atoms with Crippen LogP contribution in [0.2, 0.25) is 0 Å². The van der Waals surface area contributed by atoms with Crippen LogP contribution in [0, 0.1) is 5.41 Å². The summed E-state index contributed by atoms with van der Waals surface area (Å²) in [5.74, 6) is -2.98. The summed E-state index contributed by atoms with van der Waals surface area (Å²) in [5, 5.41) is 22.6. The number of carboxylic acid groups (broad SMARTS) is 1. The maximum Gasteiger partial charge on any atom is 0.335 e. The Kier molecular flexibility index (Phi) is 13.4. The van der Waals surface area contributed by atoms with Crippen molar-refractivity contribution in [3.8, 4) is 0 Å². The SMILES string of the molecule is N=C(N)c1ccc(CNC(=O)[C@H](Cc2cccc(CN)c2)NC(=O)[C@@H](CCCc2ccccc2)NS(=O)(=O)Cc2cccc(C(=O)O)c2)cc1. The molecule has 0 aliphatic heterocycles. The summed E-state index contributed by atoms with van der Waals surface area (Å²) in [4.78, 5) is 39.0. The molecule has 0 saturated carbocycles. The third-order valence-electron chi connectivity index (χ3n) is 8.00. The maximum atomic E-state index is 13.9. The van der Waals surface area contributed by atoms with E-state index in [1.165, 1.54) is 24.3 Å². The number of carbonyl (C=O) groups excluding carboxylic acids is 2. The highest BCUT2D eigenvalue weighted by atomic mass is 32.2. The molecule has 4 aromatic carbocycles. The quantitative estimate of drug-likeness (QED) is 0.0604. The van der Waals surface area contributed by atoms with Gasteiger partial charge in [-0.3, -0.25) is 15.0 Å². The number of rotatable bonds is 18. The van der Waals surface area contributed by atoms with Crippen LogP contribution >= 0.6 is 0 Å². The molecule has 2 amide bonds. The smallest absolute Gasteiger partial charge is 0.335 e. The van der Waals surface area contributed by atoms with Gasteiger partial charge in [0.1, 0.15) is 17.9 Å². The zero-order chi connectivity index (χ0) is 36.1. The third-order valence-corrected chi connectivity index (χ3v) is 9.36. The van der Waals surface area contributed by atoms with Crippen LogP contribution in [0.3, 0.4) is 0 Å². The minimum absolute atomic E-state index is 0.0581. The number of hydrogen-bond donors (Lipinski definition) is 7. The lowest BCUT2D eigenvalue weighted by molar-refractivity contribution is -0.130. The highest BCUT2D eigenvalue weighted by molar-refractivity contribution is 7.88. The van der Waals surface area contributed by atoms with Crippen molar-refractivity contribution in [1.29, 1.82) is 5.41 Å². The zero-order valence-corrected chi connectivity index (χ0v) is 28.3. The van der Waals surface area contributed by atoms with E-state index < -0.39 is 45.6 Å². The second-order valence-corrected chi connectivity index (χ2v) is 13.7. The normalized spacial score (nSPS) is 12.4. The lowest BCUT2D eigenvalue weighted by Gasteiger charge is -2.24. The highest BCUT2D eigenvalue weighted by Gasteiger charge is 2.29. The van der Waals surface area contributed by atoms with Crippen LogP contribution in [0.1, 0.15) is 56.6 Å². The Hall–Kier alpha value is -5.37. The Morgan fingerprint density at radius 3 is 2.08 bits per heavy atom. The average molecular weight is 699 g/mol. The number of nitrogens with one attached hydrogen (secondary N) is 4. The van der Waals surface area contributed by atoms with Gasteiger partial charge in [0.15, 0.2) is 0 Å². The predicted molar refractivity (Wildman–Crippen MR) is 192 cm³/mol. The predicted octanol–water partition coefficient (Wildman–Crippen LogP) is 2.98. The fourth-order valence-corrected chi connectivity index (χ4v) is 6.75. The molecule has 4 rings (SSSR count). The number of aryl methyl sites for hydroxylation is 1. The van der Waals surface area contributed by atoms with Crippen molar-refractivity contribution in [3.05, 3.63) is 142 Å². The first-order valence-electron chi connectivity index (χ1n) is 16.1. The molecular weight excluding hydrogens is 657 g/mol.